The number of hydrogen-bond donors (Lipinski definition) is 2. The molecule has 0 amide bonds. The zero-order valence-electron chi connectivity index (χ0n) is 17.5. The quantitative estimate of drug-likeness (QED) is 0.604. The molecule has 0 radical (unpaired) electrons. The van der Waals surface area contributed by atoms with Crippen molar-refractivity contribution in [3.63, 3.8) is 0 Å². The van der Waals surface area contributed by atoms with Gasteiger partial charge in [0, 0.05) is 38.3 Å². The molecule has 2 aromatic carbocycles. The minimum absolute atomic E-state index is 0.290. The third-order valence-electron chi connectivity index (χ3n) is 5.77. The van der Waals surface area contributed by atoms with Crippen molar-refractivity contribution < 1.29 is 9.47 Å². The number of benzene rings is 2. The highest BCUT2D eigenvalue weighted by Crippen LogP contribution is 2.32. The third-order valence-corrected chi connectivity index (χ3v) is 5.77. The molecule has 2 aliphatic rings. The van der Waals surface area contributed by atoms with Gasteiger partial charge in [0.2, 0.25) is 6.79 Å². The summed E-state index contributed by atoms with van der Waals surface area (Å²) >= 11 is 0. The monoisotopic (exact) mass is 417 g/mol. The number of ether oxygens (including phenoxy) is 2. The van der Waals surface area contributed by atoms with E-state index in [1.165, 1.54) is 5.56 Å². The number of anilines is 2. The Labute approximate surface area is 182 Å². The van der Waals surface area contributed by atoms with Gasteiger partial charge in [-0.25, -0.2) is 9.97 Å². The standard InChI is InChI=1S/C24H27N5O2/c1-2-4-18(5-3-1)15-29-10-8-20(9-11-29)28-24-13-23(26-16-27-24)25-14-19-6-7-21-22(12-19)31-17-30-21/h1-7,12-13,16,20H,8-11,14-15,17H2,(H2,25,26,27,28). The number of piperidine rings is 1. The Balaban J connectivity index is 1.11. The van der Waals surface area contributed by atoms with E-state index in [1.807, 2.05) is 24.3 Å². The van der Waals surface area contributed by atoms with Crippen LogP contribution >= 0.6 is 0 Å². The Hall–Kier alpha value is -3.32. The summed E-state index contributed by atoms with van der Waals surface area (Å²) < 4.78 is 10.8. The topological polar surface area (TPSA) is 71.5 Å². The van der Waals surface area contributed by atoms with Gasteiger partial charge in [0.25, 0.3) is 0 Å². The van der Waals surface area contributed by atoms with E-state index in [9.17, 15) is 0 Å². The molecule has 2 aliphatic heterocycles. The van der Waals surface area contributed by atoms with Gasteiger partial charge in [-0.2, -0.15) is 0 Å². The maximum atomic E-state index is 5.45. The number of hydrogen-bond acceptors (Lipinski definition) is 7. The second-order valence-electron chi connectivity index (χ2n) is 8.01. The third kappa shape index (κ3) is 5.06. The van der Waals surface area contributed by atoms with Crippen molar-refractivity contribution in [3.8, 4) is 11.5 Å². The Bertz CT molecular complexity index is 1010. The highest BCUT2D eigenvalue weighted by molar-refractivity contribution is 5.49. The Morgan fingerprint density at radius 3 is 2.55 bits per heavy atom. The fraction of sp³-hybridized carbons (Fsp3) is 0.333. The number of nitrogens with zero attached hydrogens (tertiary/aromatic N) is 3. The molecular formula is C24H27N5O2. The number of nitrogens with one attached hydrogen (secondary N) is 2. The summed E-state index contributed by atoms with van der Waals surface area (Å²) in [6.07, 6.45) is 3.82. The fourth-order valence-electron chi connectivity index (χ4n) is 4.06. The largest absolute Gasteiger partial charge is 0.454 e. The number of likely N-dealkylation sites (tertiary alicyclic amines) is 1. The molecule has 0 unspecified atom stereocenters. The summed E-state index contributed by atoms with van der Waals surface area (Å²) in [7, 11) is 0. The lowest BCUT2D eigenvalue weighted by Crippen LogP contribution is -2.38. The second-order valence-corrected chi connectivity index (χ2v) is 8.01. The van der Waals surface area contributed by atoms with Crippen LogP contribution in [-0.2, 0) is 13.1 Å². The van der Waals surface area contributed by atoms with Crippen molar-refractivity contribution in [2.75, 3.05) is 30.5 Å². The second kappa shape index (κ2) is 9.22. The minimum atomic E-state index is 0.290. The van der Waals surface area contributed by atoms with Gasteiger partial charge < -0.3 is 20.1 Å². The van der Waals surface area contributed by atoms with E-state index in [1.54, 1.807) is 6.33 Å². The lowest BCUT2D eigenvalue weighted by Gasteiger charge is -2.32. The van der Waals surface area contributed by atoms with Crippen molar-refractivity contribution in [3.05, 3.63) is 72.1 Å². The van der Waals surface area contributed by atoms with Crippen LogP contribution in [0, 0.1) is 0 Å². The lowest BCUT2D eigenvalue weighted by atomic mass is 10.0. The van der Waals surface area contributed by atoms with Crippen molar-refractivity contribution in [1.29, 1.82) is 0 Å². The average Bonchev–Trinajstić information content (AvgIpc) is 3.28. The molecule has 1 saturated heterocycles. The zero-order chi connectivity index (χ0) is 20.9. The Morgan fingerprint density at radius 2 is 1.68 bits per heavy atom. The Kier molecular flexibility index (Phi) is 5.84. The summed E-state index contributed by atoms with van der Waals surface area (Å²) in [6, 6.07) is 19.1. The van der Waals surface area contributed by atoms with Gasteiger partial charge in [0.05, 0.1) is 0 Å². The summed E-state index contributed by atoms with van der Waals surface area (Å²) in [6.45, 7) is 4.15. The van der Waals surface area contributed by atoms with Crippen LogP contribution in [0.1, 0.15) is 24.0 Å². The summed E-state index contributed by atoms with van der Waals surface area (Å²) in [5.41, 5.74) is 2.49. The molecule has 0 aliphatic carbocycles. The summed E-state index contributed by atoms with van der Waals surface area (Å²) in [4.78, 5) is 11.3. The van der Waals surface area contributed by atoms with E-state index in [-0.39, 0.29) is 0 Å². The van der Waals surface area contributed by atoms with Crippen LogP contribution in [0.25, 0.3) is 0 Å². The van der Waals surface area contributed by atoms with Crippen molar-refractivity contribution in [2.24, 2.45) is 0 Å². The molecule has 7 heteroatoms. The molecule has 3 aromatic rings. The lowest BCUT2D eigenvalue weighted by molar-refractivity contribution is 0.174. The molecule has 0 atom stereocenters. The van der Waals surface area contributed by atoms with Gasteiger partial charge in [-0.3, -0.25) is 4.90 Å². The number of rotatable bonds is 7. The minimum Gasteiger partial charge on any atom is -0.454 e. The molecule has 0 saturated carbocycles. The van der Waals surface area contributed by atoms with Crippen molar-refractivity contribution in [1.82, 2.24) is 14.9 Å². The van der Waals surface area contributed by atoms with E-state index >= 15 is 0 Å². The molecule has 0 bridgehead atoms. The zero-order valence-corrected chi connectivity index (χ0v) is 17.5. The summed E-state index contributed by atoms with van der Waals surface area (Å²) in [5, 5.41) is 6.95. The molecule has 0 spiro atoms. The first-order chi connectivity index (χ1) is 15.3. The first-order valence-electron chi connectivity index (χ1n) is 10.8. The van der Waals surface area contributed by atoms with E-state index in [4.69, 9.17) is 9.47 Å². The number of aromatic nitrogens is 2. The molecule has 2 N–H and O–H groups in total. The van der Waals surface area contributed by atoms with E-state index in [2.05, 4.69) is 55.8 Å². The molecule has 31 heavy (non-hydrogen) atoms. The fourth-order valence-corrected chi connectivity index (χ4v) is 4.06. The van der Waals surface area contributed by atoms with Crippen LogP contribution in [0.3, 0.4) is 0 Å². The maximum absolute atomic E-state index is 5.45. The van der Waals surface area contributed by atoms with Crippen LogP contribution in [-0.4, -0.2) is 40.8 Å². The maximum Gasteiger partial charge on any atom is 0.231 e. The van der Waals surface area contributed by atoms with Gasteiger partial charge in [0.1, 0.15) is 18.0 Å². The van der Waals surface area contributed by atoms with Crippen LogP contribution in [0.2, 0.25) is 0 Å². The van der Waals surface area contributed by atoms with E-state index in [0.717, 1.165) is 61.2 Å². The normalized spacial score (nSPS) is 16.3. The smallest absolute Gasteiger partial charge is 0.231 e. The van der Waals surface area contributed by atoms with E-state index in [0.29, 0.717) is 19.4 Å². The Morgan fingerprint density at radius 1 is 0.871 bits per heavy atom. The van der Waals surface area contributed by atoms with Crippen LogP contribution in [0.15, 0.2) is 60.9 Å². The van der Waals surface area contributed by atoms with Gasteiger partial charge in [-0.05, 0) is 36.1 Å². The predicted octanol–water partition coefficient (Wildman–Crippen LogP) is 3.89. The molecule has 5 rings (SSSR count). The van der Waals surface area contributed by atoms with Crippen molar-refractivity contribution >= 4 is 11.6 Å². The average molecular weight is 418 g/mol. The van der Waals surface area contributed by atoms with Crippen LogP contribution in [0.5, 0.6) is 11.5 Å². The van der Waals surface area contributed by atoms with Gasteiger partial charge in [-0.1, -0.05) is 36.4 Å². The SMILES string of the molecule is c1ccc(CN2CCC(Nc3cc(NCc4ccc5c(c4)OCO5)ncn3)CC2)cc1. The van der Waals surface area contributed by atoms with E-state index < -0.39 is 0 Å². The molecule has 7 nitrogen and oxygen atoms in total. The molecular weight excluding hydrogens is 390 g/mol. The first kappa shape index (κ1) is 19.6. The number of fused-ring (bicyclic) bond motifs is 1. The highest BCUT2D eigenvalue weighted by atomic mass is 16.7. The highest BCUT2D eigenvalue weighted by Gasteiger charge is 2.19. The van der Waals surface area contributed by atoms with Crippen molar-refractivity contribution in [2.45, 2.75) is 32.0 Å². The van der Waals surface area contributed by atoms with Gasteiger partial charge >= 0.3 is 0 Å². The van der Waals surface area contributed by atoms with Crippen LogP contribution < -0.4 is 20.1 Å². The molecule has 3 heterocycles. The van der Waals surface area contributed by atoms with Crippen LogP contribution in [0.4, 0.5) is 11.6 Å². The summed E-state index contributed by atoms with van der Waals surface area (Å²) in [5.74, 6) is 3.26. The predicted molar refractivity (Wildman–Crippen MR) is 120 cm³/mol. The first-order valence-corrected chi connectivity index (χ1v) is 10.8. The van der Waals surface area contributed by atoms with Gasteiger partial charge in [-0.15, -0.1) is 0 Å². The van der Waals surface area contributed by atoms with Gasteiger partial charge in [0.15, 0.2) is 11.5 Å². The molecule has 1 aromatic heterocycles. The molecule has 160 valence electrons. The molecule has 1 fully saturated rings.